The van der Waals surface area contributed by atoms with Crippen LogP contribution >= 0.6 is 0 Å². The molecule has 0 heterocycles. The van der Waals surface area contributed by atoms with Crippen LogP contribution < -0.4 is 20.1 Å². The van der Waals surface area contributed by atoms with Crippen LogP contribution in [-0.2, 0) is 4.79 Å². The standard InChI is InChI=1S/C25H28F2N2O5/c26-23(27)16-34-21-7-3-18(4-8-21)15-22(25(32)28-12-13-30)29-24(31)19-5-9-20(10-6-19)33-14-11-17-1-2-17/h3-10,15,17,23,30H,1-2,11-14,16H2,(H,28,32)(H,29,31)/b22-15-. The molecule has 0 saturated heterocycles. The van der Waals surface area contributed by atoms with E-state index < -0.39 is 24.8 Å². The van der Waals surface area contributed by atoms with Gasteiger partial charge in [-0.05, 0) is 60.4 Å². The summed E-state index contributed by atoms with van der Waals surface area (Å²) >= 11 is 0. The number of amides is 2. The largest absolute Gasteiger partial charge is 0.494 e. The van der Waals surface area contributed by atoms with E-state index in [2.05, 4.69) is 10.6 Å². The summed E-state index contributed by atoms with van der Waals surface area (Å²) in [4.78, 5) is 25.3. The molecule has 9 heteroatoms. The Hall–Kier alpha value is -3.46. The highest BCUT2D eigenvalue weighted by atomic mass is 19.3. The van der Waals surface area contributed by atoms with E-state index in [1.807, 2.05) is 0 Å². The van der Waals surface area contributed by atoms with Gasteiger partial charge in [0.25, 0.3) is 18.2 Å². The SMILES string of the molecule is O=C(NCCO)/C(=C/c1ccc(OCC(F)F)cc1)NC(=O)c1ccc(OCCC2CC2)cc1. The summed E-state index contributed by atoms with van der Waals surface area (Å²) in [6, 6.07) is 12.7. The molecule has 0 unspecified atom stereocenters. The molecular weight excluding hydrogens is 446 g/mol. The van der Waals surface area contributed by atoms with Crippen LogP contribution in [0, 0.1) is 5.92 Å². The van der Waals surface area contributed by atoms with Crippen molar-refractivity contribution in [3.63, 3.8) is 0 Å². The number of aliphatic hydroxyl groups excluding tert-OH is 1. The Bertz CT molecular complexity index is 974. The number of halogens is 2. The highest BCUT2D eigenvalue weighted by Crippen LogP contribution is 2.32. The van der Waals surface area contributed by atoms with Gasteiger partial charge >= 0.3 is 0 Å². The average molecular weight is 475 g/mol. The third kappa shape index (κ3) is 8.47. The topological polar surface area (TPSA) is 96.9 Å². The van der Waals surface area contributed by atoms with E-state index in [4.69, 9.17) is 14.6 Å². The van der Waals surface area contributed by atoms with Crippen molar-refractivity contribution in [3.05, 3.63) is 65.4 Å². The predicted molar refractivity (Wildman–Crippen MR) is 123 cm³/mol. The number of hydrogen-bond donors (Lipinski definition) is 3. The van der Waals surface area contributed by atoms with Gasteiger partial charge in [-0.15, -0.1) is 0 Å². The van der Waals surface area contributed by atoms with E-state index in [1.165, 1.54) is 31.1 Å². The van der Waals surface area contributed by atoms with Gasteiger partial charge in [-0.25, -0.2) is 8.78 Å². The van der Waals surface area contributed by atoms with Crippen molar-refractivity contribution in [1.82, 2.24) is 10.6 Å². The number of nitrogens with one attached hydrogen (secondary N) is 2. The van der Waals surface area contributed by atoms with Crippen LogP contribution in [0.1, 0.15) is 35.2 Å². The fourth-order valence-electron chi connectivity index (χ4n) is 3.06. The molecule has 3 rings (SSSR count). The first kappa shape index (κ1) is 25.2. The Kier molecular flexibility index (Phi) is 9.40. The van der Waals surface area contributed by atoms with Crippen molar-refractivity contribution in [2.24, 2.45) is 5.92 Å². The number of alkyl halides is 2. The fourth-order valence-corrected chi connectivity index (χ4v) is 3.06. The summed E-state index contributed by atoms with van der Waals surface area (Å²) < 4.78 is 35.2. The van der Waals surface area contributed by atoms with Crippen molar-refractivity contribution >= 4 is 17.9 Å². The minimum atomic E-state index is -2.58. The molecule has 0 aliphatic heterocycles. The molecule has 0 radical (unpaired) electrons. The number of rotatable bonds is 13. The van der Waals surface area contributed by atoms with Gasteiger partial charge in [0.15, 0.2) is 0 Å². The maximum atomic E-state index is 12.7. The van der Waals surface area contributed by atoms with Crippen LogP contribution in [0.4, 0.5) is 8.78 Å². The second-order valence-corrected chi connectivity index (χ2v) is 7.87. The first-order chi connectivity index (χ1) is 16.4. The molecule has 2 aromatic rings. The lowest BCUT2D eigenvalue weighted by Crippen LogP contribution is -2.36. The normalized spacial score (nSPS) is 13.5. The van der Waals surface area contributed by atoms with Crippen molar-refractivity contribution in [2.75, 3.05) is 26.4 Å². The molecule has 0 bridgehead atoms. The Morgan fingerprint density at radius 2 is 1.68 bits per heavy atom. The van der Waals surface area contributed by atoms with E-state index >= 15 is 0 Å². The van der Waals surface area contributed by atoms with Gasteiger partial charge in [0, 0.05) is 12.1 Å². The van der Waals surface area contributed by atoms with Gasteiger partial charge < -0.3 is 25.2 Å². The van der Waals surface area contributed by atoms with Gasteiger partial charge in [-0.2, -0.15) is 0 Å². The summed E-state index contributed by atoms with van der Waals surface area (Å²) in [7, 11) is 0. The lowest BCUT2D eigenvalue weighted by Gasteiger charge is -2.12. The number of benzene rings is 2. The minimum Gasteiger partial charge on any atom is -0.494 e. The number of carbonyl (C=O) groups is 2. The number of carbonyl (C=O) groups excluding carboxylic acids is 2. The Labute approximate surface area is 196 Å². The molecule has 7 nitrogen and oxygen atoms in total. The van der Waals surface area contributed by atoms with Crippen molar-refractivity contribution in [2.45, 2.75) is 25.7 Å². The Balaban J connectivity index is 1.66. The van der Waals surface area contributed by atoms with Gasteiger partial charge in [-0.3, -0.25) is 9.59 Å². The minimum absolute atomic E-state index is 0.0132. The molecule has 2 amide bonds. The molecule has 1 fully saturated rings. The van der Waals surface area contributed by atoms with Crippen LogP contribution in [-0.4, -0.2) is 49.7 Å². The first-order valence-corrected chi connectivity index (χ1v) is 11.1. The van der Waals surface area contributed by atoms with Gasteiger partial charge in [0.1, 0.15) is 23.8 Å². The van der Waals surface area contributed by atoms with E-state index in [0.29, 0.717) is 23.5 Å². The first-order valence-electron chi connectivity index (χ1n) is 11.1. The van der Waals surface area contributed by atoms with Gasteiger partial charge in [-0.1, -0.05) is 25.0 Å². The Morgan fingerprint density at radius 1 is 1.03 bits per heavy atom. The lowest BCUT2D eigenvalue weighted by atomic mass is 10.1. The number of ether oxygens (including phenoxy) is 2. The average Bonchev–Trinajstić information content (AvgIpc) is 3.66. The molecule has 34 heavy (non-hydrogen) atoms. The van der Waals surface area contributed by atoms with Crippen molar-refractivity contribution < 1.29 is 33.0 Å². The third-order valence-corrected chi connectivity index (χ3v) is 5.07. The maximum absolute atomic E-state index is 12.7. The van der Waals surface area contributed by atoms with Gasteiger partial charge in [0.05, 0.1) is 13.2 Å². The van der Waals surface area contributed by atoms with Gasteiger partial charge in [0.2, 0.25) is 0 Å². The third-order valence-electron chi connectivity index (χ3n) is 5.07. The molecule has 0 atom stereocenters. The van der Waals surface area contributed by atoms with Crippen LogP contribution in [0.5, 0.6) is 11.5 Å². The van der Waals surface area contributed by atoms with E-state index in [0.717, 1.165) is 12.3 Å². The van der Waals surface area contributed by atoms with Crippen molar-refractivity contribution in [1.29, 1.82) is 0 Å². The highest BCUT2D eigenvalue weighted by Gasteiger charge is 2.20. The van der Waals surface area contributed by atoms with Crippen LogP contribution in [0.3, 0.4) is 0 Å². The second-order valence-electron chi connectivity index (χ2n) is 7.87. The second kappa shape index (κ2) is 12.7. The Morgan fingerprint density at radius 3 is 2.29 bits per heavy atom. The molecule has 3 N–H and O–H groups in total. The molecule has 182 valence electrons. The van der Waals surface area contributed by atoms with E-state index in [-0.39, 0.29) is 24.6 Å². The summed E-state index contributed by atoms with van der Waals surface area (Å²) in [5.74, 6) is 0.621. The van der Waals surface area contributed by atoms with Crippen LogP contribution in [0.2, 0.25) is 0 Å². The zero-order chi connectivity index (χ0) is 24.3. The molecular formula is C25H28F2N2O5. The molecule has 1 saturated carbocycles. The molecule has 1 aliphatic carbocycles. The predicted octanol–water partition coefficient (Wildman–Crippen LogP) is 3.39. The monoisotopic (exact) mass is 474 g/mol. The molecule has 2 aromatic carbocycles. The molecule has 0 aromatic heterocycles. The maximum Gasteiger partial charge on any atom is 0.272 e. The van der Waals surface area contributed by atoms with Crippen LogP contribution in [0.25, 0.3) is 6.08 Å². The lowest BCUT2D eigenvalue weighted by molar-refractivity contribution is -0.117. The van der Waals surface area contributed by atoms with E-state index in [9.17, 15) is 18.4 Å². The molecule has 0 spiro atoms. The zero-order valence-corrected chi connectivity index (χ0v) is 18.6. The number of aliphatic hydroxyl groups is 1. The quantitative estimate of drug-likeness (QED) is 0.387. The number of hydrogen-bond acceptors (Lipinski definition) is 5. The van der Waals surface area contributed by atoms with E-state index in [1.54, 1.807) is 36.4 Å². The zero-order valence-electron chi connectivity index (χ0n) is 18.6. The summed E-state index contributed by atoms with van der Waals surface area (Å²) in [5.41, 5.74) is 0.842. The highest BCUT2D eigenvalue weighted by molar-refractivity contribution is 6.05. The van der Waals surface area contributed by atoms with Crippen molar-refractivity contribution in [3.8, 4) is 11.5 Å². The smallest absolute Gasteiger partial charge is 0.272 e. The summed E-state index contributed by atoms with van der Waals surface area (Å²) in [5, 5.41) is 14.1. The molecule has 1 aliphatic rings. The van der Waals surface area contributed by atoms with Crippen LogP contribution in [0.15, 0.2) is 54.2 Å². The fraction of sp³-hybridized carbons (Fsp3) is 0.360. The summed E-state index contributed by atoms with van der Waals surface area (Å²) in [6.45, 7) is -0.324. The summed E-state index contributed by atoms with van der Waals surface area (Å²) in [6.07, 6.45) is 2.41.